The molecule has 2 N–H and O–H groups in total. The van der Waals surface area contributed by atoms with Gasteiger partial charge in [0.15, 0.2) is 0 Å². The lowest BCUT2D eigenvalue weighted by Gasteiger charge is -2.09. The largest absolute Gasteiger partial charge is 0.495 e. The van der Waals surface area contributed by atoms with Crippen LogP contribution in [0.15, 0.2) is 53.4 Å². The van der Waals surface area contributed by atoms with E-state index < -0.39 is 10.0 Å². The van der Waals surface area contributed by atoms with E-state index in [0.717, 1.165) is 0 Å². The van der Waals surface area contributed by atoms with E-state index in [9.17, 15) is 13.2 Å². The van der Waals surface area contributed by atoms with E-state index in [2.05, 4.69) is 23.9 Å². The first-order valence-corrected chi connectivity index (χ1v) is 9.95. The van der Waals surface area contributed by atoms with Gasteiger partial charge in [0.05, 0.1) is 7.11 Å². The number of sulfonamides is 1. The summed E-state index contributed by atoms with van der Waals surface area (Å²) in [6, 6.07) is 12.3. The van der Waals surface area contributed by atoms with Crippen LogP contribution in [0, 0.1) is 0 Å². The molecule has 0 atom stereocenters. The van der Waals surface area contributed by atoms with Crippen LogP contribution in [-0.4, -0.2) is 28.5 Å². The molecule has 2 rings (SSSR count). The molecule has 0 saturated heterocycles. The van der Waals surface area contributed by atoms with Gasteiger partial charge in [-0.05, 0) is 54.4 Å². The summed E-state index contributed by atoms with van der Waals surface area (Å²) in [7, 11) is -0.942. The number of rotatable bonds is 7. The van der Waals surface area contributed by atoms with Crippen LogP contribution >= 0.6 is 0 Å². The molecule has 0 fully saturated rings. The third-order valence-electron chi connectivity index (χ3n) is 4.02. The Kier molecular flexibility index (Phi) is 6.76. The highest BCUT2D eigenvalue weighted by atomic mass is 32.2. The SMILES string of the molecule is CNS(=O)(=O)c1cc(/C=C/C(=O)Nc2ccc(C(C)C)cc2)ccc1OC. The van der Waals surface area contributed by atoms with Gasteiger partial charge in [-0.1, -0.05) is 32.0 Å². The van der Waals surface area contributed by atoms with Crippen molar-refractivity contribution in [3.63, 3.8) is 0 Å². The molecule has 0 aliphatic heterocycles. The minimum Gasteiger partial charge on any atom is -0.495 e. The first-order chi connectivity index (χ1) is 12.8. The number of benzene rings is 2. The maximum Gasteiger partial charge on any atom is 0.248 e. The Labute approximate surface area is 160 Å². The van der Waals surface area contributed by atoms with Gasteiger partial charge in [-0.2, -0.15) is 0 Å². The molecule has 0 bridgehead atoms. The zero-order chi connectivity index (χ0) is 20.0. The van der Waals surface area contributed by atoms with Gasteiger partial charge in [-0.15, -0.1) is 0 Å². The molecule has 6 nitrogen and oxygen atoms in total. The van der Waals surface area contributed by atoms with Gasteiger partial charge in [0.1, 0.15) is 10.6 Å². The van der Waals surface area contributed by atoms with Crippen molar-refractivity contribution in [2.24, 2.45) is 0 Å². The number of ether oxygens (including phenoxy) is 1. The number of methoxy groups -OCH3 is 1. The topological polar surface area (TPSA) is 84.5 Å². The molecule has 2 aromatic carbocycles. The molecule has 27 heavy (non-hydrogen) atoms. The van der Waals surface area contributed by atoms with Gasteiger partial charge >= 0.3 is 0 Å². The van der Waals surface area contributed by atoms with E-state index in [0.29, 0.717) is 17.2 Å². The minimum absolute atomic E-state index is 0.0133. The molecular weight excluding hydrogens is 364 g/mol. The molecule has 0 spiro atoms. The van der Waals surface area contributed by atoms with Crippen LogP contribution in [0.3, 0.4) is 0 Å². The summed E-state index contributed by atoms with van der Waals surface area (Å²) >= 11 is 0. The van der Waals surface area contributed by atoms with Gasteiger partial charge in [0.25, 0.3) is 0 Å². The first kappa shape index (κ1) is 20.7. The Morgan fingerprint density at radius 1 is 1.11 bits per heavy atom. The fourth-order valence-electron chi connectivity index (χ4n) is 2.42. The van der Waals surface area contributed by atoms with Crippen LogP contribution in [0.5, 0.6) is 5.75 Å². The van der Waals surface area contributed by atoms with Crippen LogP contribution in [0.1, 0.15) is 30.9 Å². The van der Waals surface area contributed by atoms with E-state index in [4.69, 9.17) is 4.74 Å². The standard InChI is InChI=1S/C20H24N2O4S/c1-14(2)16-7-9-17(10-8-16)22-20(23)12-6-15-5-11-18(26-4)19(13-15)27(24,25)21-3/h5-14,21H,1-4H3,(H,22,23)/b12-6+. The average Bonchev–Trinajstić information content (AvgIpc) is 2.66. The van der Waals surface area contributed by atoms with Crippen molar-refractivity contribution in [3.05, 3.63) is 59.7 Å². The number of nitrogens with one attached hydrogen (secondary N) is 2. The van der Waals surface area contributed by atoms with Crippen LogP contribution < -0.4 is 14.8 Å². The molecule has 7 heteroatoms. The lowest BCUT2D eigenvalue weighted by atomic mass is 10.0. The van der Waals surface area contributed by atoms with Crippen LogP contribution in [0.4, 0.5) is 5.69 Å². The monoisotopic (exact) mass is 388 g/mol. The van der Waals surface area contributed by atoms with Gasteiger partial charge in [0.2, 0.25) is 15.9 Å². The summed E-state index contributed by atoms with van der Waals surface area (Å²) in [5, 5.41) is 2.78. The zero-order valence-electron chi connectivity index (χ0n) is 15.8. The maximum absolute atomic E-state index is 12.1. The lowest BCUT2D eigenvalue weighted by molar-refractivity contribution is -0.111. The van der Waals surface area contributed by atoms with Crippen molar-refractivity contribution in [2.45, 2.75) is 24.7 Å². The molecule has 0 aliphatic carbocycles. The molecule has 144 valence electrons. The minimum atomic E-state index is -3.67. The summed E-state index contributed by atoms with van der Waals surface area (Å²) < 4.78 is 31.5. The van der Waals surface area contributed by atoms with Crippen molar-refractivity contribution >= 4 is 27.7 Å². The number of amides is 1. The second kappa shape index (κ2) is 8.83. The Bertz CT molecular complexity index is 933. The maximum atomic E-state index is 12.1. The molecule has 0 aliphatic rings. The summed E-state index contributed by atoms with van der Waals surface area (Å²) in [4.78, 5) is 12.1. The second-order valence-corrected chi connectivity index (χ2v) is 8.07. The molecule has 0 heterocycles. The first-order valence-electron chi connectivity index (χ1n) is 8.47. The molecule has 2 aromatic rings. The molecule has 0 aromatic heterocycles. The predicted molar refractivity (Wildman–Crippen MR) is 107 cm³/mol. The predicted octanol–water partition coefficient (Wildman–Crippen LogP) is 3.38. The summed E-state index contributed by atoms with van der Waals surface area (Å²) in [5.74, 6) is 0.352. The van der Waals surface area contributed by atoms with Crippen molar-refractivity contribution in [1.82, 2.24) is 4.72 Å². The number of hydrogen-bond acceptors (Lipinski definition) is 4. The number of hydrogen-bond donors (Lipinski definition) is 2. The molecule has 0 unspecified atom stereocenters. The molecule has 1 amide bonds. The Balaban J connectivity index is 2.15. The normalized spacial score (nSPS) is 11.7. The molecule has 0 radical (unpaired) electrons. The van der Waals surface area contributed by atoms with Crippen molar-refractivity contribution in [1.29, 1.82) is 0 Å². The fourth-order valence-corrected chi connectivity index (χ4v) is 3.35. The highest BCUT2D eigenvalue weighted by Crippen LogP contribution is 2.25. The van der Waals surface area contributed by atoms with Crippen molar-refractivity contribution < 1.29 is 17.9 Å². The van der Waals surface area contributed by atoms with Gasteiger partial charge < -0.3 is 10.1 Å². The summed E-state index contributed by atoms with van der Waals surface area (Å²) in [5.41, 5.74) is 2.46. The second-order valence-electron chi connectivity index (χ2n) is 6.22. The van der Waals surface area contributed by atoms with E-state index >= 15 is 0 Å². The highest BCUT2D eigenvalue weighted by Gasteiger charge is 2.17. The van der Waals surface area contributed by atoms with E-state index in [1.54, 1.807) is 18.2 Å². The van der Waals surface area contributed by atoms with E-state index in [1.165, 1.54) is 31.9 Å². The van der Waals surface area contributed by atoms with Gasteiger partial charge in [-0.25, -0.2) is 13.1 Å². The van der Waals surface area contributed by atoms with Crippen molar-refractivity contribution in [2.75, 3.05) is 19.5 Å². The average molecular weight is 388 g/mol. The quantitative estimate of drug-likeness (QED) is 0.712. The Morgan fingerprint density at radius 3 is 2.33 bits per heavy atom. The summed E-state index contributed by atoms with van der Waals surface area (Å²) in [6.45, 7) is 4.21. The third-order valence-corrected chi connectivity index (χ3v) is 5.45. The number of anilines is 1. The smallest absolute Gasteiger partial charge is 0.248 e. The fraction of sp³-hybridized carbons (Fsp3) is 0.250. The van der Waals surface area contributed by atoms with Crippen molar-refractivity contribution in [3.8, 4) is 5.75 Å². The number of carbonyl (C=O) groups is 1. The summed E-state index contributed by atoms with van der Waals surface area (Å²) in [6.07, 6.45) is 2.90. The highest BCUT2D eigenvalue weighted by molar-refractivity contribution is 7.89. The van der Waals surface area contributed by atoms with E-state index in [-0.39, 0.29) is 16.6 Å². The zero-order valence-corrected chi connectivity index (χ0v) is 16.6. The Hall–Kier alpha value is -2.64. The van der Waals surface area contributed by atoms with Gasteiger partial charge in [-0.3, -0.25) is 4.79 Å². The number of carbonyl (C=O) groups excluding carboxylic acids is 1. The van der Waals surface area contributed by atoms with Gasteiger partial charge in [0, 0.05) is 11.8 Å². The lowest BCUT2D eigenvalue weighted by Crippen LogP contribution is -2.19. The van der Waals surface area contributed by atoms with Crippen LogP contribution in [-0.2, 0) is 14.8 Å². The Morgan fingerprint density at radius 2 is 1.78 bits per heavy atom. The van der Waals surface area contributed by atoms with Crippen LogP contribution in [0.2, 0.25) is 0 Å². The third kappa shape index (κ3) is 5.42. The van der Waals surface area contributed by atoms with E-state index in [1.807, 2.05) is 24.3 Å². The van der Waals surface area contributed by atoms with Crippen LogP contribution in [0.25, 0.3) is 6.08 Å². The molecule has 0 saturated carbocycles. The molecular formula is C20H24N2O4S.